The van der Waals surface area contributed by atoms with Gasteiger partial charge in [0.05, 0.1) is 16.8 Å². The molecule has 0 bridgehead atoms. The summed E-state index contributed by atoms with van der Waals surface area (Å²) in [6.07, 6.45) is 1.71. The first-order valence-electron chi connectivity index (χ1n) is 6.77. The molecular weight excluding hydrogens is 306 g/mol. The van der Waals surface area contributed by atoms with Gasteiger partial charge in [-0.3, -0.25) is 4.90 Å². The Morgan fingerprint density at radius 2 is 2.00 bits per heavy atom. The van der Waals surface area contributed by atoms with Crippen LogP contribution in [-0.4, -0.2) is 50.1 Å². The SMILES string of the molecule is CC(C)CN(CCN(C)C)C(CN)c1occc1Br. The lowest BCUT2D eigenvalue weighted by Gasteiger charge is -2.32. The van der Waals surface area contributed by atoms with Gasteiger partial charge >= 0.3 is 0 Å². The fourth-order valence-corrected chi connectivity index (χ4v) is 2.60. The number of nitrogens with zero attached hydrogens (tertiary/aromatic N) is 2. The lowest BCUT2D eigenvalue weighted by molar-refractivity contribution is 0.147. The van der Waals surface area contributed by atoms with E-state index in [-0.39, 0.29) is 6.04 Å². The molecule has 1 unspecified atom stereocenters. The third-order valence-corrected chi connectivity index (χ3v) is 3.70. The zero-order chi connectivity index (χ0) is 14.4. The van der Waals surface area contributed by atoms with Crippen molar-refractivity contribution in [1.82, 2.24) is 9.80 Å². The van der Waals surface area contributed by atoms with Crippen LogP contribution in [0.25, 0.3) is 0 Å². The number of hydrogen-bond acceptors (Lipinski definition) is 4. The van der Waals surface area contributed by atoms with Gasteiger partial charge in [-0.2, -0.15) is 0 Å². The summed E-state index contributed by atoms with van der Waals surface area (Å²) in [5, 5.41) is 0. The van der Waals surface area contributed by atoms with Crippen LogP contribution in [0.2, 0.25) is 0 Å². The van der Waals surface area contributed by atoms with Gasteiger partial charge < -0.3 is 15.1 Å². The fourth-order valence-electron chi connectivity index (χ4n) is 2.14. The maximum Gasteiger partial charge on any atom is 0.136 e. The molecule has 1 aromatic heterocycles. The maximum atomic E-state index is 5.98. The van der Waals surface area contributed by atoms with Crippen molar-refractivity contribution in [3.63, 3.8) is 0 Å². The van der Waals surface area contributed by atoms with Gasteiger partial charge in [-0.1, -0.05) is 13.8 Å². The van der Waals surface area contributed by atoms with E-state index >= 15 is 0 Å². The molecule has 0 aromatic carbocycles. The summed E-state index contributed by atoms with van der Waals surface area (Å²) in [7, 11) is 4.18. The highest BCUT2D eigenvalue weighted by Crippen LogP contribution is 2.28. The molecule has 1 atom stereocenters. The fraction of sp³-hybridized carbons (Fsp3) is 0.714. The minimum atomic E-state index is 0.131. The number of rotatable bonds is 8. The first-order chi connectivity index (χ1) is 8.95. The molecule has 1 rings (SSSR count). The van der Waals surface area contributed by atoms with Crippen LogP contribution in [0.5, 0.6) is 0 Å². The van der Waals surface area contributed by atoms with Gasteiger partial charge in [0.15, 0.2) is 0 Å². The molecule has 0 aliphatic heterocycles. The van der Waals surface area contributed by atoms with Crippen LogP contribution < -0.4 is 5.73 Å². The normalized spacial score (nSPS) is 13.7. The molecule has 0 saturated carbocycles. The average Bonchev–Trinajstić information content (AvgIpc) is 2.73. The molecule has 1 aromatic rings. The van der Waals surface area contributed by atoms with E-state index in [1.54, 1.807) is 6.26 Å². The minimum absolute atomic E-state index is 0.131. The standard InChI is InChI=1S/C14H26BrN3O/c1-11(2)10-18(7-6-17(3)4)13(9-16)14-12(15)5-8-19-14/h5,8,11,13H,6-7,9-10,16H2,1-4H3. The first-order valence-corrected chi connectivity index (χ1v) is 7.56. The van der Waals surface area contributed by atoms with Crippen molar-refractivity contribution in [2.75, 3.05) is 40.3 Å². The lowest BCUT2D eigenvalue weighted by atomic mass is 10.1. The Hall–Kier alpha value is -0.360. The highest BCUT2D eigenvalue weighted by atomic mass is 79.9. The quantitative estimate of drug-likeness (QED) is 0.795. The molecule has 19 heavy (non-hydrogen) atoms. The zero-order valence-corrected chi connectivity index (χ0v) is 14.0. The van der Waals surface area contributed by atoms with Crippen LogP contribution in [-0.2, 0) is 0 Å². The van der Waals surface area contributed by atoms with Crippen LogP contribution in [0.1, 0.15) is 25.6 Å². The molecule has 1 heterocycles. The van der Waals surface area contributed by atoms with Crippen LogP contribution in [0.3, 0.4) is 0 Å². The summed E-state index contributed by atoms with van der Waals surface area (Å²) < 4.78 is 6.61. The second-order valence-corrected chi connectivity index (χ2v) is 6.43. The van der Waals surface area contributed by atoms with Gasteiger partial charge in [-0.25, -0.2) is 0 Å². The van der Waals surface area contributed by atoms with E-state index in [1.165, 1.54) is 0 Å². The van der Waals surface area contributed by atoms with Crippen molar-refractivity contribution in [3.8, 4) is 0 Å². The smallest absolute Gasteiger partial charge is 0.136 e. The van der Waals surface area contributed by atoms with E-state index in [1.807, 2.05) is 6.07 Å². The molecule has 0 aliphatic carbocycles. The first kappa shape index (κ1) is 16.7. The maximum absolute atomic E-state index is 5.98. The van der Waals surface area contributed by atoms with Crippen molar-refractivity contribution in [1.29, 1.82) is 0 Å². The molecule has 0 aliphatic rings. The van der Waals surface area contributed by atoms with Crippen molar-refractivity contribution < 1.29 is 4.42 Å². The molecule has 2 N–H and O–H groups in total. The molecule has 0 saturated heterocycles. The summed E-state index contributed by atoms with van der Waals surface area (Å²) >= 11 is 3.54. The second-order valence-electron chi connectivity index (χ2n) is 5.58. The van der Waals surface area contributed by atoms with E-state index in [9.17, 15) is 0 Å². The van der Waals surface area contributed by atoms with Crippen LogP contribution >= 0.6 is 15.9 Å². The van der Waals surface area contributed by atoms with Gasteiger partial charge in [0.2, 0.25) is 0 Å². The Morgan fingerprint density at radius 1 is 1.32 bits per heavy atom. The Balaban J connectivity index is 2.83. The second kappa shape index (κ2) is 8.04. The molecule has 0 amide bonds. The Labute approximate surface area is 125 Å². The van der Waals surface area contributed by atoms with Crippen LogP contribution in [0.15, 0.2) is 21.2 Å². The molecule has 0 radical (unpaired) electrons. The zero-order valence-electron chi connectivity index (χ0n) is 12.4. The van der Waals surface area contributed by atoms with Crippen molar-refractivity contribution >= 4 is 15.9 Å². The summed E-state index contributed by atoms with van der Waals surface area (Å²) in [5.74, 6) is 1.53. The topological polar surface area (TPSA) is 45.6 Å². The number of furan rings is 1. The lowest BCUT2D eigenvalue weighted by Crippen LogP contribution is -2.40. The molecule has 0 fully saturated rings. The summed E-state index contributed by atoms with van der Waals surface area (Å²) in [6, 6.07) is 2.06. The summed E-state index contributed by atoms with van der Waals surface area (Å²) in [5.41, 5.74) is 5.98. The van der Waals surface area contributed by atoms with Gasteiger partial charge in [0, 0.05) is 26.2 Å². The Morgan fingerprint density at radius 3 is 2.42 bits per heavy atom. The van der Waals surface area contributed by atoms with Gasteiger partial charge in [-0.05, 0) is 42.0 Å². The highest BCUT2D eigenvalue weighted by Gasteiger charge is 2.24. The monoisotopic (exact) mass is 331 g/mol. The number of halogens is 1. The van der Waals surface area contributed by atoms with Crippen LogP contribution in [0.4, 0.5) is 0 Å². The predicted octanol–water partition coefficient (Wildman–Crippen LogP) is 2.56. The molecule has 110 valence electrons. The van der Waals surface area contributed by atoms with Gasteiger partial charge in [0.1, 0.15) is 5.76 Å². The molecule has 0 spiro atoms. The van der Waals surface area contributed by atoms with E-state index in [2.05, 4.69) is 53.7 Å². The third kappa shape index (κ3) is 5.26. The van der Waals surface area contributed by atoms with Gasteiger partial charge in [0.25, 0.3) is 0 Å². The summed E-state index contributed by atoms with van der Waals surface area (Å²) in [4.78, 5) is 4.60. The van der Waals surface area contributed by atoms with E-state index in [4.69, 9.17) is 10.2 Å². The Kier molecular flexibility index (Phi) is 7.07. The van der Waals surface area contributed by atoms with Gasteiger partial charge in [-0.15, -0.1) is 0 Å². The number of likely N-dealkylation sites (N-methyl/N-ethyl adjacent to an activating group) is 1. The third-order valence-electron chi connectivity index (χ3n) is 3.05. The molecule has 5 heteroatoms. The Bertz CT molecular complexity index is 365. The largest absolute Gasteiger partial charge is 0.466 e. The average molecular weight is 332 g/mol. The van der Waals surface area contributed by atoms with E-state index < -0.39 is 0 Å². The summed E-state index contributed by atoms with van der Waals surface area (Å²) in [6.45, 7) is 8.04. The van der Waals surface area contributed by atoms with Crippen molar-refractivity contribution in [3.05, 3.63) is 22.6 Å². The van der Waals surface area contributed by atoms with Crippen LogP contribution in [0, 0.1) is 5.92 Å². The van der Waals surface area contributed by atoms with Crippen molar-refractivity contribution in [2.24, 2.45) is 11.7 Å². The van der Waals surface area contributed by atoms with E-state index in [0.29, 0.717) is 12.5 Å². The molecule has 4 nitrogen and oxygen atoms in total. The molecular formula is C14H26BrN3O. The number of hydrogen-bond donors (Lipinski definition) is 1. The number of nitrogens with two attached hydrogens (primary N) is 1. The highest BCUT2D eigenvalue weighted by molar-refractivity contribution is 9.10. The minimum Gasteiger partial charge on any atom is -0.466 e. The van der Waals surface area contributed by atoms with Crippen molar-refractivity contribution in [2.45, 2.75) is 19.9 Å². The van der Waals surface area contributed by atoms with E-state index in [0.717, 1.165) is 29.9 Å². The predicted molar refractivity (Wildman–Crippen MR) is 83.2 cm³/mol.